The molecule has 0 radical (unpaired) electrons. The van der Waals surface area contributed by atoms with E-state index >= 15 is 0 Å². The van der Waals surface area contributed by atoms with Gasteiger partial charge in [0.05, 0.1) is 0 Å². The molecule has 0 bridgehead atoms. The SMILES string of the molecule is CC1(C)c2ccccc2-c2c1cc(-c1ccccc1-c1cccc(-c3ccc4ccc5c(-c6ccccc6)ccc6ccc3c4c65)c1)c1ccccc21. The molecule has 0 saturated heterocycles. The molecule has 0 nitrogen and oxygen atoms in total. The van der Waals surface area contributed by atoms with Crippen molar-refractivity contribution in [3.05, 3.63) is 193 Å². The van der Waals surface area contributed by atoms with E-state index in [4.69, 9.17) is 0 Å². The summed E-state index contributed by atoms with van der Waals surface area (Å²) >= 11 is 0. The Balaban J connectivity index is 1.10. The Hall–Kier alpha value is -6.50. The molecule has 1 aliphatic rings. The van der Waals surface area contributed by atoms with Crippen LogP contribution in [0.25, 0.3) is 98.7 Å². The second-order valence-corrected chi connectivity index (χ2v) is 15.2. The van der Waals surface area contributed by atoms with Gasteiger partial charge in [0.1, 0.15) is 0 Å². The van der Waals surface area contributed by atoms with Gasteiger partial charge in [-0.15, -0.1) is 0 Å². The first-order chi connectivity index (χ1) is 26.1. The number of hydrogen-bond donors (Lipinski definition) is 0. The third-order valence-electron chi connectivity index (χ3n) is 12.0. The summed E-state index contributed by atoms with van der Waals surface area (Å²) in [5, 5.41) is 10.5. The lowest BCUT2D eigenvalue weighted by atomic mass is 9.80. The van der Waals surface area contributed by atoms with Crippen LogP contribution in [-0.4, -0.2) is 0 Å². The van der Waals surface area contributed by atoms with Crippen molar-refractivity contribution in [2.75, 3.05) is 0 Å². The van der Waals surface area contributed by atoms with Gasteiger partial charge in [0.25, 0.3) is 0 Å². The summed E-state index contributed by atoms with van der Waals surface area (Å²) in [6, 6.07) is 67.8. The van der Waals surface area contributed by atoms with Gasteiger partial charge in [-0.25, -0.2) is 0 Å². The van der Waals surface area contributed by atoms with E-state index in [0.717, 1.165) is 0 Å². The lowest BCUT2D eigenvalue weighted by molar-refractivity contribution is 0.661. The molecule has 11 rings (SSSR count). The molecule has 10 aromatic carbocycles. The first kappa shape index (κ1) is 30.2. The Morgan fingerprint density at radius 2 is 0.830 bits per heavy atom. The van der Waals surface area contributed by atoms with Crippen LogP contribution in [0.1, 0.15) is 25.0 Å². The van der Waals surface area contributed by atoms with Crippen LogP contribution in [0.3, 0.4) is 0 Å². The van der Waals surface area contributed by atoms with E-state index in [1.54, 1.807) is 0 Å². The third-order valence-corrected chi connectivity index (χ3v) is 12.0. The van der Waals surface area contributed by atoms with Crippen molar-refractivity contribution in [3.8, 4) is 55.6 Å². The highest BCUT2D eigenvalue weighted by Gasteiger charge is 2.37. The molecular formula is C53H36. The van der Waals surface area contributed by atoms with Crippen molar-refractivity contribution in [2.24, 2.45) is 0 Å². The van der Waals surface area contributed by atoms with Crippen molar-refractivity contribution < 1.29 is 0 Å². The molecule has 53 heavy (non-hydrogen) atoms. The van der Waals surface area contributed by atoms with Crippen LogP contribution in [0.4, 0.5) is 0 Å². The fourth-order valence-corrected chi connectivity index (χ4v) is 9.52. The fourth-order valence-electron chi connectivity index (χ4n) is 9.52. The maximum absolute atomic E-state index is 2.49. The Labute approximate surface area is 310 Å². The lowest BCUT2D eigenvalue weighted by Crippen LogP contribution is -2.15. The molecule has 248 valence electrons. The molecule has 0 atom stereocenters. The predicted octanol–water partition coefficient (Wildman–Crippen LogP) is 14.7. The molecule has 0 spiro atoms. The summed E-state index contributed by atoms with van der Waals surface area (Å²) in [5.74, 6) is 0. The summed E-state index contributed by atoms with van der Waals surface area (Å²) in [6.07, 6.45) is 0. The smallest absolute Gasteiger partial charge is 0.0159 e. The van der Waals surface area contributed by atoms with Gasteiger partial charge < -0.3 is 0 Å². The van der Waals surface area contributed by atoms with E-state index in [-0.39, 0.29) is 5.41 Å². The summed E-state index contributed by atoms with van der Waals surface area (Å²) < 4.78 is 0. The number of hydrogen-bond acceptors (Lipinski definition) is 0. The van der Waals surface area contributed by atoms with Gasteiger partial charge in [-0.1, -0.05) is 184 Å². The van der Waals surface area contributed by atoms with Gasteiger partial charge in [0.15, 0.2) is 0 Å². The van der Waals surface area contributed by atoms with Crippen molar-refractivity contribution in [1.29, 1.82) is 0 Å². The Morgan fingerprint density at radius 3 is 1.55 bits per heavy atom. The predicted molar refractivity (Wildman–Crippen MR) is 227 cm³/mol. The summed E-state index contributed by atoms with van der Waals surface area (Å²) in [6.45, 7) is 4.76. The van der Waals surface area contributed by atoms with Crippen molar-refractivity contribution >= 4 is 43.1 Å². The van der Waals surface area contributed by atoms with Gasteiger partial charge in [-0.2, -0.15) is 0 Å². The fraction of sp³-hybridized carbons (Fsp3) is 0.0566. The molecule has 0 heteroatoms. The van der Waals surface area contributed by atoms with Gasteiger partial charge >= 0.3 is 0 Å². The van der Waals surface area contributed by atoms with Crippen LogP contribution < -0.4 is 0 Å². The van der Waals surface area contributed by atoms with E-state index in [1.165, 1.54) is 110 Å². The minimum Gasteiger partial charge on any atom is -0.0622 e. The number of fused-ring (bicyclic) bond motifs is 5. The first-order valence-electron chi connectivity index (χ1n) is 18.7. The first-order valence-corrected chi connectivity index (χ1v) is 18.7. The highest BCUT2D eigenvalue weighted by Crippen LogP contribution is 2.54. The molecule has 0 amide bonds. The highest BCUT2D eigenvalue weighted by molar-refractivity contribution is 6.27. The highest BCUT2D eigenvalue weighted by atomic mass is 14.4. The van der Waals surface area contributed by atoms with Crippen LogP contribution in [0.15, 0.2) is 182 Å². The van der Waals surface area contributed by atoms with Gasteiger partial charge in [0.2, 0.25) is 0 Å². The summed E-state index contributed by atoms with van der Waals surface area (Å²) in [7, 11) is 0. The summed E-state index contributed by atoms with van der Waals surface area (Å²) in [5.41, 5.74) is 15.5. The largest absolute Gasteiger partial charge is 0.0622 e. The van der Waals surface area contributed by atoms with Crippen molar-refractivity contribution in [1.82, 2.24) is 0 Å². The van der Waals surface area contributed by atoms with Crippen LogP contribution in [-0.2, 0) is 5.41 Å². The van der Waals surface area contributed by atoms with Crippen molar-refractivity contribution in [2.45, 2.75) is 19.3 Å². The maximum atomic E-state index is 2.49. The number of benzene rings is 10. The summed E-state index contributed by atoms with van der Waals surface area (Å²) in [4.78, 5) is 0. The van der Waals surface area contributed by atoms with E-state index in [9.17, 15) is 0 Å². The second-order valence-electron chi connectivity index (χ2n) is 15.2. The molecule has 0 aliphatic heterocycles. The van der Waals surface area contributed by atoms with E-state index in [1.807, 2.05) is 0 Å². The molecule has 10 aromatic rings. The Kier molecular flexibility index (Phi) is 6.40. The molecule has 0 saturated carbocycles. The molecule has 0 N–H and O–H groups in total. The van der Waals surface area contributed by atoms with Crippen LogP contribution >= 0.6 is 0 Å². The van der Waals surface area contributed by atoms with E-state index < -0.39 is 0 Å². The van der Waals surface area contributed by atoms with Gasteiger partial charge in [0, 0.05) is 5.41 Å². The maximum Gasteiger partial charge on any atom is 0.0159 e. The van der Waals surface area contributed by atoms with Crippen LogP contribution in [0, 0.1) is 0 Å². The molecule has 0 fully saturated rings. The minimum absolute atomic E-state index is 0.0869. The Bertz CT molecular complexity index is 3070. The number of rotatable bonds is 4. The molecule has 1 aliphatic carbocycles. The molecule has 0 unspecified atom stereocenters. The van der Waals surface area contributed by atoms with Gasteiger partial charge in [-0.3, -0.25) is 0 Å². The average molecular weight is 673 g/mol. The van der Waals surface area contributed by atoms with E-state index in [0.29, 0.717) is 0 Å². The minimum atomic E-state index is -0.0869. The van der Waals surface area contributed by atoms with Crippen molar-refractivity contribution in [3.63, 3.8) is 0 Å². The monoisotopic (exact) mass is 672 g/mol. The average Bonchev–Trinajstić information content (AvgIpc) is 3.45. The van der Waals surface area contributed by atoms with Crippen LogP contribution in [0.2, 0.25) is 0 Å². The topological polar surface area (TPSA) is 0 Å². The molecule has 0 aromatic heterocycles. The van der Waals surface area contributed by atoms with Crippen LogP contribution in [0.5, 0.6) is 0 Å². The van der Waals surface area contributed by atoms with Gasteiger partial charge in [-0.05, 0) is 122 Å². The zero-order valence-electron chi connectivity index (χ0n) is 29.8. The lowest BCUT2D eigenvalue weighted by Gasteiger charge is -2.23. The quantitative estimate of drug-likeness (QED) is 0.163. The van der Waals surface area contributed by atoms with E-state index in [2.05, 4.69) is 196 Å². The zero-order chi connectivity index (χ0) is 35.3. The normalized spacial score (nSPS) is 13.2. The third kappa shape index (κ3) is 4.36. The second kappa shape index (κ2) is 11.2. The zero-order valence-corrected chi connectivity index (χ0v) is 29.8. The standard InChI is InChI=1S/C53H36/c1-53(2)48-22-11-10-21-46(48)52-43-20-9-8-19-42(43)47(32-49(52)53)41-18-7-6-17-38(41)36-15-12-16-37(31-36)40-28-24-35-25-29-44-39(33-13-4-3-5-14-33)27-23-34-26-30-45(40)51(35)50(34)44/h3-32H,1-2H3. The molecule has 0 heterocycles. The Morgan fingerprint density at radius 1 is 0.302 bits per heavy atom. The molecular weight excluding hydrogens is 637 g/mol.